The first kappa shape index (κ1) is 28.3. The van der Waals surface area contributed by atoms with Crippen LogP contribution in [0.2, 0.25) is 0 Å². The summed E-state index contributed by atoms with van der Waals surface area (Å²) in [6.07, 6.45) is 0. The fraction of sp³-hybridized carbons (Fsp3) is 0.276. The zero-order valence-corrected chi connectivity index (χ0v) is 21.5. The highest BCUT2D eigenvalue weighted by Crippen LogP contribution is 2.26. The van der Waals surface area contributed by atoms with E-state index in [1.807, 2.05) is 0 Å². The number of hydrogen-bond donors (Lipinski definition) is 1. The van der Waals surface area contributed by atoms with E-state index in [0.29, 0.717) is 11.3 Å². The Morgan fingerprint density at radius 3 is 2.13 bits per heavy atom. The standard InChI is InChI=1S/C29H29F2NO6/c1-18(28(35)36)20-13-11-19(12-14-20)17-37-22-8-5-7-21(15-22)32(16-25(33)38-29(2,3)4)27(34)26-23(30)9-6-10-24(26)31/h5-15,18H,16-17H2,1-4H3,(H,35,36). The van der Waals surface area contributed by atoms with Crippen LogP contribution in [-0.4, -0.2) is 35.1 Å². The Morgan fingerprint density at radius 2 is 1.55 bits per heavy atom. The summed E-state index contributed by atoms with van der Waals surface area (Å²) in [5, 5.41) is 9.16. The lowest BCUT2D eigenvalue weighted by Gasteiger charge is -2.26. The number of halogens is 2. The van der Waals surface area contributed by atoms with E-state index in [2.05, 4.69) is 0 Å². The van der Waals surface area contributed by atoms with Crippen LogP contribution in [0.4, 0.5) is 14.5 Å². The number of carbonyl (C=O) groups is 3. The first-order valence-corrected chi connectivity index (χ1v) is 11.9. The van der Waals surface area contributed by atoms with Crippen molar-refractivity contribution in [2.24, 2.45) is 0 Å². The third-order valence-corrected chi connectivity index (χ3v) is 5.51. The van der Waals surface area contributed by atoms with Crippen LogP contribution in [0.1, 0.15) is 55.1 Å². The van der Waals surface area contributed by atoms with Gasteiger partial charge in [-0.2, -0.15) is 0 Å². The molecule has 0 bridgehead atoms. The number of benzene rings is 3. The van der Waals surface area contributed by atoms with Crippen LogP contribution >= 0.6 is 0 Å². The van der Waals surface area contributed by atoms with Crippen molar-refractivity contribution in [3.8, 4) is 5.75 Å². The van der Waals surface area contributed by atoms with E-state index in [-0.39, 0.29) is 12.3 Å². The largest absolute Gasteiger partial charge is 0.489 e. The predicted octanol–water partition coefficient (Wildman–Crippen LogP) is 5.72. The van der Waals surface area contributed by atoms with Crippen molar-refractivity contribution in [3.05, 3.63) is 95.1 Å². The molecule has 38 heavy (non-hydrogen) atoms. The zero-order chi connectivity index (χ0) is 28.0. The van der Waals surface area contributed by atoms with Crippen molar-refractivity contribution in [1.29, 1.82) is 0 Å². The van der Waals surface area contributed by atoms with Crippen LogP contribution in [-0.2, 0) is 20.9 Å². The molecule has 0 spiro atoms. The number of carbonyl (C=O) groups excluding carboxylic acids is 2. The molecule has 1 N–H and O–H groups in total. The van der Waals surface area contributed by atoms with E-state index in [1.165, 1.54) is 12.1 Å². The van der Waals surface area contributed by atoms with Gasteiger partial charge in [0, 0.05) is 11.8 Å². The molecule has 1 amide bonds. The van der Waals surface area contributed by atoms with Gasteiger partial charge in [0.05, 0.1) is 5.92 Å². The second-order valence-corrected chi connectivity index (χ2v) is 9.66. The molecule has 0 aliphatic heterocycles. The van der Waals surface area contributed by atoms with Gasteiger partial charge in [-0.15, -0.1) is 0 Å². The van der Waals surface area contributed by atoms with Crippen LogP contribution in [0.3, 0.4) is 0 Å². The van der Waals surface area contributed by atoms with Crippen LogP contribution in [0.15, 0.2) is 66.7 Å². The first-order valence-electron chi connectivity index (χ1n) is 11.9. The summed E-state index contributed by atoms with van der Waals surface area (Å²) < 4.78 is 40.0. The van der Waals surface area contributed by atoms with Gasteiger partial charge in [0.2, 0.25) is 0 Å². The van der Waals surface area contributed by atoms with Gasteiger partial charge >= 0.3 is 11.9 Å². The second-order valence-electron chi connectivity index (χ2n) is 9.66. The maximum Gasteiger partial charge on any atom is 0.326 e. The van der Waals surface area contributed by atoms with Crippen LogP contribution in [0.25, 0.3) is 0 Å². The molecule has 0 aliphatic rings. The highest BCUT2D eigenvalue weighted by Gasteiger charge is 2.28. The number of esters is 1. The molecule has 0 fully saturated rings. The number of hydrogen-bond acceptors (Lipinski definition) is 5. The third-order valence-electron chi connectivity index (χ3n) is 5.51. The molecule has 0 heterocycles. The maximum absolute atomic E-state index is 14.4. The van der Waals surface area contributed by atoms with E-state index in [1.54, 1.807) is 64.1 Å². The highest BCUT2D eigenvalue weighted by atomic mass is 19.1. The molecule has 3 aromatic carbocycles. The van der Waals surface area contributed by atoms with E-state index in [9.17, 15) is 23.2 Å². The van der Waals surface area contributed by atoms with Crippen LogP contribution in [0.5, 0.6) is 5.75 Å². The molecule has 1 unspecified atom stereocenters. The summed E-state index contributed by atoms with van der Waals surface area (Å²) in [5.41, 5.74) is -0.0332. The average Bonchev–Trinajstić information content (AvgIpc) is 2.84. The lowest BCUT2D eigenvalue weighted by atomic mass is 10.0. The highest BCUT2D eigenvalue weighted by molar-refractivity contribution is 6.08. The Morgan fingerprint density at radius 1 is 0.947 bits per heavy atom. The van der Waals surface area contributed by atoms with E-state index in [4.69, 9.17) is 14.6 Å². The van der Waals surface area contributed by atoms with Gasteiger partial charge in [-0.3, -0.25) is 19.3 Å². The van der Waals surface area contributed by atoms with E-state index >= 15 is 0 Å². The summed E-state index contributed by atoms with van der Waals surface area (Å²) >= 11 is 0. The fourth-order valence-corrected chi connectivity index (χ4v) is 3.57. The smallest absolute Gasteiger partial charge is 0.326 e. The van der Waals surface area contributed by atoms with Crippen molar-refractivity contribution in [2.45, 2.75) is 45.8 Å². The molecule has 7 nitrogen and oxygen atoms in total. The number of amides is 1. The van der Waals surface area contributed by atoms with Gasteiger partial charge in [0.1, 0.15) is 41.7 Å². The summed E-state index contributed by atoms with van der Waals surface area (Å²) in [6.45, 7) is 6.13. The molecule has 0 aliphatic carbocycles. The summed E-state index contributed by atoms with van der Waals surface area (Å²) in [6, 6.07) is 16.2. The van der Waals surface area contributed by atoms with Crippen molar-refractivity contribution in [1.82, 2.24) is 0 Å². The van der Waals surface area contributed by atoms with Gasteiger partial charge in [-0.05, 0) is 63.1 Å². The lowest BCUT2D eigenvalue weighted by Crippen LogP contribution is -2.39. The lowest BCUT2D eigenvalue weighted by molar-refractivity contribution is -0.153. The molecule has 3 rings (SSSR count). The normalized spacial score (nSPS) is 11.9. The van der Waals surface area contributed by atoms with E-state index in [0.717, 1.165) is 28.7 Å². The second kappa shape index (κ2) is 11.9. The molecular weight excluding hydrogens is 496 g/mol. The van der Waals surface area contributed by atoms with Crippen LogP contribution in [0, 0.1) is 11.6 Å². The third kappa shape index (κ3) is 7.38. The molecule has 0 saturated carbocycles. The number of carboxylic acid groups (broad SMARTS) is 1. The Labute approximate surface area is 219 Å². The van der Waals surface area contributed by atoms with Crippen molar-refractivity contribution >= 4 is 23.5 Å². The minimum Gasteiger partial charge on any atom is -0.489 e. The van der Waals surface area contributed by atoms with Gasteiger partial charge in [0.25, 0.3) is 5.91 Å². The Bertz CT molecular complexity index is 1300. The first-order chi connectivity index (χ1) is 17.9. The molecule has 0 radical (unpaired) electrons. The predicted molar refractivity (Wildman–Crippen MR) is 137 cm³/mol. The van der Waals surface area contributed by atoms with Gasteiger partial charge < -0.3 is 14.6 Å². The van der Waals surface area contributed by atoms with Crippen molar-refractivity contribution in [3.63, 3.8) is 0 Å². The van der Waals surface area contributed by atoms with Crippen LogP contribution < -0.4 is 9.64 Å². The molecule has 1 atom stereocenters. The Balaban J connectivity index is 1.85. The topological polar surface area (TPSA) is 93.1 Å². The fourth-order valence-electron chi connectivity index (χ4n) is 3.57. The SMILES string of the molecule is CC(C(=O)O)c1ccc(COc2cccc(N(CC(=O)OC(C)(C)C)C(=O)c3c(F)cccc3F)c2)cc1. The number of nitrogens with zero attached hydrogens (tertiary/aromatic N) is 1. The summed E-state index contributed by atoms with van der Waals surface area (Å²) in [7, 11) is 0. The average molecular weight is 526 g/mol. The molecular formula is C29H29F2NO6. The monoisotopic (exact) mass is 525 g/mol. The number of carboxylic acids is 1. The van der Waals surface area contributed by atoms with Gasteiger partial charge in [0.15, 0.2) is 0 Å². The molecule has 9 heteroatoms. The summed E-state index contributed by atoms with van der Waals surface area (Å²) in [5.74, 6) is -5.16. The number of rotatable bonds is 9. The summed E-state index contributed by atoms with van der Waals surface area (Å²) in [4.78, 5) is 38.0. The maximum atomic E-state index is 14.4. The zero-order valence-electron chi connectivity index (χ0n) is 21.5. The van der Waals surface area contributed by atoms with Crippen molar-refractivity contribution < 1.29 is 37.7 Å². The Kier molecular flexibility index (Phi) is 8.83. The molecule has 200 valence electrons. The molecule has 0 saturated heterocycles. The number of anilines is 1. The van der Waals surface area contributed by atoms with Gasteiger partial charge in [-0.1, -0.05) is 36.4 Å². The molecule has 0 aromatic heterocycles. The number of ether oxygens (including phenoxy) is 2. The van der Waals surface area contributed by atoms with Crippen molar-refractivity contribution in [2.75, 3.05) is 11.4 Å². The minimum atomic E-state index is -1.06. The molecule has 3 aromatic rings. The Hall–Kier alpha value is -4.27. The minimum absolute atomic E-state index is 0.132. The number of aliphatic carboxylic acids is 1. The van der Waals surface area contributed by atoms with E-state index < -0.39 is 53.1 Å². The quantitative estimate of drug-likeness (QED) is 0.359. The van der Waals surface area contributed by atoms with Gasteiger partial charge in [-0.25, -0.2) is 8.78 Å².